The van der Waals surface area contributed by atoms with Crippen LogP contribution in [0.2, 0.25) is 0 Å². The molecule has 120 valence electrons. The highest BCUT2D eigenvalue weighted by Gasteiger charge is 2.23. The van der Waals surface area contributed by atoms with E-state index in [0.717, 1.165) is 36.3 Å². The van der Waals surface area contributed by atoms with Gasteiger partial charge in [-0.1, -0.05) is 20.8 Å². The van der Waals surface area contributed by atoms with Crippen molar-refractivity contribution in [3.63, 3.8) is 0 Å². The number of fused-ring (bicyclic) bond motifs is 1. The fraction of sp³-hybridized carbons (Fsp3) is 0.500. The molecule has 2 heterocycles. The lowest BCUT2D eigenvalue weighted by Crippen LogP contribution is -2.24. The molecule has 1 aliphatic rings. The Hall–Kier alpha value is -1.59. The molecule has 2 N–H and O–H groups in total. The Kier molecular flexibility index (Phi) is 4.78. The maximum atomic E-state index is 12.1. The van der Waals surface area contributed by atoms with E-state index in [2.05, 4.69) is 36.4 Å². The second kappa shape index (κ2) is 6.26. The molecule has 0 spiro atoms. The smallest absolute Gasteiger partial charge is 0.228 e. The Morgan fingerprint density at radius 3 is 2.82 bits per heavy atom. The van der Waals surface area contributed by atoms with Crippen molar-refractivity contribution in [3.8, 4) is 0 Å². The van der Waals surface area contributed by atoms with Crippen LogP contribution in [0.1, 0.15) is 33.1 Å². The van der Waals surface area contributed by atoms with Crippen LogP contribution >= 0.6 is 12.4 Å². The molecule has 0 bridgehead atoms. The molecule has 1 aromatic carbocycles. The first-order valence-electron chi connectivity index (χ1n) is 7.36. The number of nitrogens with zero attached hydrogens (tertiary/aromatic N) is 1. The number of aromatic nitrogens is 1. The number of benzene rings is 1. The van der Waals surface area contributed by atoms with Gasteiger partial charge in [-0.15, -0.1) is 12.4 Å². The molecule has 6 heteroatoms. The standard InChI is InChI=1S/C16H21N3O2.ClH/c1-16(2,3)15-19-12-8-11(4-5-13(12)21-15)18-14(20)10-6-7-17-9-10;/h4-5,8,10,17H,6-7,9H2,1-3H3,(H,18,20);1H. The molecule has 1 aliphatic heterocycles. The molecule has 22 heavy (non-hydrogen) atoms. The van der Waals surface area contributed by atoms with E-state index in [0.29, 0.717) is 5.89 Å². The molecule has 1 unspecified atom stereocenters. The van der Waals surface area contributed by atoms with Crippen molar-refractivity contribution in [3.05, 3.63) is 24.1 Å². The molecule has 2 aromatic rings. The number of nitrogens with one attached hydrogen (secondary N) is 2. The number of halogens is 1. The summed E-state index contributed by atoms with van der Waals surface area (Å²) in [7, 11) is 0. The lowest BCUT2D eigenvalue weighted by Gasteiger charge is -2.11. The topological polar surface area (TPSA) is 67.2 Å². The minimum absolute atomic E-state index is 0. The fourth-order valence-corrected chi connectivity index (χ4v) is 2.45. The number of carbonyl (C=O) groups excluding carboxylic acids is 1. The van der Waals surface area contributed by atoms with Gasteiger partial charge < -0.3 is 15.1 Å². The van der Waals surface area contributed by atoms with Crippen molar-refractivity contribution >= 4 is 35.1 Å². The predicted molar refractivity (Wildman–Crippen MR) is 89.6 cm³/mol. The molecular weight excluding hydrogens is 302 g/mol. The van der Waals surface area contributed by atoms with E-state index in [1.165, 1.54) is 0 Å². The number of anilines is 1. The van der Waals surface area contributed by atoms with Gasteiger partial charge in [0, 0.05) is 17.6 Å². The summed E-state index contributed by atoms with van der Waals surface area (Å²) in [5.41, 5.74) is 2.17. The van der Waals surface area contributed by atoms with E-state index in [-0.39, 0.29) is 29.6 Å². The third-order valence-electron chi connectivity index (χ3n) is 3.73. The molecule has 3 rings (SSSR count). The largest absolute Gasteiger partial charge is 0.440 e. The summed E-state index contributed by atoms with van der Waals surface area (Å²) >= 11 is 0. The summed E-state index contributed by atoms with van der Waals surface area (Å²) in [6, 6.07) is 5.59. The number of amides is 1. The zero-order valence-corrected chi connectivity index (χ0v) is 13.9. The van der Waals surface area contributed by atoms with Gasteiger partial charge in [0.1, 0.15) is 5.52 Å². The first-order chi connectivity index (χ1) is 9.93. The van der Waals surface area contributed by atoms with Crippen molar-refractivity contribution in [1.82, 2.24) is 10.3 Å². The minimum atomic E-state index is -0.127. The van der Waals surface area contributed by atoms with Crippen LogP contribution in [0.3, 0.4) is 0 Å². The van der Waals surface area contributed by atoms with Crippen LogP contribution < -0.4 is 10.6 Å². The zero-order valence-electron chi connectivity index (χ0n) is 13.1. The van der Waals surface area contributed by atoms with Gasteiger partial charge in [-0.25, -0.2) is 4.98 Å². The van der Waals surface area contributed by atoms with Gasteiger partial charge in [-0.3, -0.25) is 4.79 Å². The lowest BCUT2D eigenvalue weighted by molar-refractivity contribution is -0.119. The average Bonchev–Trinajstić information content (AvgIpc) is 3.06. The Bertz CT molecular complexity index is 670. The molecule has 1 saturated heterocycles. The first-order valence-corrected chi connectivity index (χ1v) is 7.36. The molecule has 0 radical (unpaired) electrons. The van der Waals surface area contributed by atoms with Gasteiger partial charge in [0.25, 0.3) is 0 Å². The highest BCUT2D eigenvalue weighted by atomic mass is 35.5. The van der Waals surface area contributed by atoms with Gasteiger partial charge in [0.15, 0.2) is 5.58 Å². The fourth-order valence-electron chi connectivity index (χ4n) is 2.45. The lowest BCUT2D eigenvalue weighted by atomic mass is 9.97. The summed E-state index contributed by atoms with van der Waals surface area (Å²) in [6.45, 7) is 7.86. The summed E-state index contributed by atoms with van der Waals surface area (Å²) in [6.07, 6.45) is 0.895. The summed E-state index contributed by atoms with van der Waals surface area (Å²) < 4.78 is 5.76. The highest BCUT2D eigenvalue weighted by Crippen LogP contribution is 2.27. The van der Waals surface area contributed by atoms with E-state index in [1.54, 1.807) is 0 Å². The van der Waals surface area contributed by atoms with E-state index in [4.69, 9.17) is 4.42 Å². The SMILES string of the molecule is CC(C)(C)c1nc2cc(NC(=O)C3CCNC3)ccc2o1.Cl. The van der Waals surface area contributed by atoms with E-state index in [9.17, 15) is 4.79 Å². The maximum Gasteiger partial charge on any atom is 0.228 e. The molecule has 1 fully saturated rings. The van der Waals surface area contributed by atoms with Crippen LogP contribution in [0.5, 0.6) is 0 Å². The van der Waals surface area contributed by atoms with Crippen LogP contribution in [0.25, 0.3) is 11.1 Å². The third kappa shape index (κ3) is 3.42. The number of oxazole rings is 1. The zero-order chi connectivity index (χ0) is 15.0. The van der Waals surface area contributed by atoms with Crippen LogP contribution in [0, 0.1) is 5.92 Å². The molecule has 1 amide bonds. The second-order valence-corrected chi connectivity index (χ2v) is 6.63. The van der Waals surface area contributed by atoms with E-state index < -0.39 is 0 Å². The minimum Gasteiger partial charge on any atom is -0.440 e. The Morgan fingerprint density at radius 1 is 1.41 bits per heavy atom. The van der Waals surface area contributed by atoms with Gasteiger partial charge in [0.05, 0.1) is 5.92 Å². The van der Waals surface area contributed by atoms with Crippen molar-refractivity contribution in [2.24, 2.45) is 5.92 Å². The summed E-state index contributed by atoms with van der Waals surface area (Å²) in [5.74, 6) is 0.836. The Morgan fingerprint density at radius 2 is 2.18 bits per heavy atom. The van der Waals surface area contributed by atoms with Crippen LogP contribution in [-0.2, 0) is 10.2 Å². The van der Waals surface area contributed by atoms with Gasteiger partial charge in [-0.2, -0.15) is 0 Å². The van der Waals surface area contributed by atoms with Crippen molar-refractivity contribution < 1.29 is 9.21 Å². The predicted octanol–water partition coefficient (Wildman–Crippen LogP) is 3.10. The van der Waals surface area contributed by atoms with Gasteiger partial charge in [-0.05, 0) is 31.2 Å². The third-order valence-corrected chi connectivity index (χ3v) is 3.73. The molecule has 1 aromatic heterocycles. The molecule has 0 saturated carbocycles. The quantitative estimate of drug-likeness (QED) is 0.891. The van der Waals surface area contributed by atoms with E-state index in [1.807, 2.05) is 18.2 Å². The monoisotopic (exact) mass is 323 g/mol. The van der Waals surface area contributed by atoms with Crippen LogP contribution in [0.4, 0.5) is 5.69 Å². The molecular formula is C16H22ClN3O2. The molecule has 1 atom stereocenters. The molecule has 5 nitrogen and oxygen atoms in total. The Balaban J connectivity index is 0.00000176. The Labute approximate surface area is 136 Å². The second-order valence-electron chi connectivity index (χ2n) is 6.63. The van der Waals surface area contributed by atoms with Crippen molar-refractivity contribution in [2.45, 2.75) is 32.6 Å². The normalized spacial score (nSPS) is 18.2. The van der Waals surface area contributed by atoms with Crippen LogP contribution in [-0.4, -0.2) is 24.0 Å². The van der Waals surface area contributed by atoms with Crippen LogP contribution in [0.15, 0.2) is 22.6 Å². The molecule has 0 aliphatic carbocycles. The average molecular weight is 324 g/mol. The van der Waals surface area contributed by atoms with Crippen molar-refractivity contribution in [2.75, 3.05) is 18.4 Å². The number of hydrogen-bond donors (Lipinski definition) is 2. The summed E-state index contributed by atoms with van der Waals surface area (Å²) in [5, 5.41) is 6.16. The number of rotatable bonds is 2. The summed E-state index contributed by atoms with van der Waals surface area (Å²) in [4.78, 5) is 16.6. The van der Waals surface area contributed by atoms with Crippen molar-refractivity contribution in [1.29, 1.82) is 0 Å². The van der Waals surface area contributed by atoms with Gasteiger partial charge >= 0.3 is 0 Å². The highest BCUT2D eigenvalue weighted by molar-refractivity contribution is 5.94. The number of hydrogen-bond acceptors (Lipinski definition) is 4. The maximum absolute atomic E-state index is 12.1. The van der Waals surface area contributed by atoms with E-state index >= 15 is 0 Å². The first kappa shape index (κ1) is 16.8. The number of carbonyl (C=O) groups is 1. The van der Waals surface area contributed by atoms with Gasteiger partial charge in [0.2, 0.25) is 11.8 Å².